The van der Waals surface area contributed by atoms with Crippen LogP contribution >= 0.6 is 0 Å². The third-order valence-corrected chi connectivity index (χ3v) is 3.11. The molecule has 0 saturated carbocycles. The molecular formula is C14H16N6O. The molecule has 108 valence electrons. The van der Waals surface area contributed by atoms with Crippen molar-refractivity contribution in [3.8, 4) is 5.69 Å². The normalized spacial score (nSPS) is 12.5. The van der Waals surface area contributed by atoms with Crippen molar-refractivity contribution < 1.29 is 4.52 Å². The fourth-order valence-electron chi connectivity index (χ4n) is 1.94. The van der Waals surface area contributed by atoms with Crippen LogP contribution in [0.1, 0.15) is 30.4 Å². The largest absolute Gasteiger partial charge is 0.340 e. The number of nitrogens with zero attached hydrogens (tertiary/aromatic N) is 5. The Morgan fingerprint density at radius 1 is 1.29 bits per heavy atom. The Labute approximate surface area is 122 Å². The minimum Gasteiger partial charge on any atom is -0.340 e. The Morgan fingerprint density at radius 2 is 2.10 bits per heavy atom. The van der Waals surface area contributed by atoms with Crippen molar-refractivity contribution in [3.63, 3.8) is 0 Å². The predicted molar refractivity (Wildman–Crippen MR) is 75.6 cm³/mol. The van der Waals surface area contributed by atoms with E-state index in [1.54, 1.807) is 11.6 Å². The smallest absolute Gasteiger partial charge is 0.223 e. The summed E-state index contributed by atoms with van der Waals surface area (Å²) in [6, 6.07) is 9.92. The van der Waals surface area contributed by atoms with Gasteiger partial charge >= 0.3 is 0 Å². The summed E-state index contributed by atoms with van der Waals surface area (Å²) in [5.41, 5.74) is 1.84. The highest BCUT2D eigenvalue weighted by molar-refractivity contribution is 5.30. The van der Waals surface area contributed by atoms with E-state index in [0.717, 1.165) is 11.4 Å². The van der Waals surface area contributed by atoms with E-state index in [2.05, 4.69) is 25.8 Å². The zero-order chi connectivity index (χ0) is 14.7. The first kappa shape index (κ1) is 13.4. The lowest BCUT2D eigenvalue weighted by molar-refractivity contribution is 0.384. The van der Waals surface area contributed by atoms with Crippen LogP contribution < -0.4 is 5.32 Å². The molecule has 0 aliphatic heterocycles. The third kappa shape index (κ3) is 3.14. The summed E-state index contributed by atoms with van der Waals surface area (Å²) in [5, 5.41) is 15.5. The van der Waals surface area contributed by atoms with Gasteiger partial charge in [-0.15, -0.1) is 5.10 Å². The van der Waals surface area contributed by atoms with Crippen LogP contribution in [0.2, 0.25) is 0 Å². The number of benzene rings is 1. The maximum atomic E-state index is 4.93. The molecule has 0 spiro atoms. The molecule has 0 aliphatic rings. The molecular weight excluding hydrogens is 268 g/mol. The summed E-state index contributed by atoms with van der Waals surface area (Å²) in [5.74, 6) is 1.20. The van der Waals surface area contributed by atoms with E-state index >= 15 is 0 Å². The lowest BCUT2D eigenvalue weighted by Crippen LogP contribution is -2.19. The molecule has 21 heavy (non-hydrogen) atoms. The average molecular weight is 284 g/mol. The second-order valence-electron chi connectivity index (χ2n) is 4.76. The van der Waals surface area contributed by atoms with Crippen LogP contribution in [-0.2, 0) is 6.54 Å². The fourth-order valence-corrected chi connectivity index (χ4v) is 1.94. The molecule has 0 aliphatic carbocycles. The minimum atomic E-state index is 0.0428. The number of hydrogen-bond donors (Lipinski definition) is 1. The van der Waals surface area contributed by atoms with Crippen molar-refractivity contribution in [2.75, 3.05) is 0 Å². The van der Waals surface area contributed by atoms with Crippen molar-refractivity contribution in [2.45, 2.75) is 26.4 Å². The molecule has 3 rings (SSSR count). The predicted octanol–water partition coefficient (Wildman–Crippen LogP) is 1.81. The van der Waals surface area contributed by atoms with E-state index in [4.69, 9.17) is 4.52 Å². The van der Waals surface area contributed by atoms with Gasteiger partial charge in [-0.3, -0.25) is 0 Å². The van der Waals surface area contributed by atoms with Gasteiger partial charge in [-0.2, -0.15) is 4.98 Å². The van der Waals surface area contributed by atoms with Gasteiger partial charge in [0, 0.05) is 6.92 Å². The van der Waals surface area contributed by atoms with Crippen LogP contribution in [0.4, 0.5) is 0 Å². The highest BCUT2D eigenvalue weighted by Gasteiger charge is 2.12. The van der Waals surface area contributed by atoms with Gasteiger partial charge in [0.2, 0.25) is 5.89 Å². The Kier molecular flexibility index (Phi) is 3.74. The Morgan fingerprint density at radius 3 is 2.81 bits per heavy atom. The lowest BCUT2D eigenvalue weighted by Gasteiger charge is -2.08. The number of para-hydroxylation sites is 1. The van der Waals surface area contributed by atoms with Crippen molar-refractivity contribution in [3.05, 3.63) is 53.9 Å². The zero-order valence-corrected chi connectivity index (χ0v) is 11.9. The fraction of sp³-hybridized carbons (Fsp3) is 0.286. The molecule has 0 fully saturated rings. The highest BCUT2D eigenvalue weighted by Crippen LogP contribution is 2.12. The second kappa shape index (κ2) is 5.84. The molecule has 0 amide bonds. The first-order chi connectivity index (χ1) is 10.2. The number of aryl methyl sites for hydroxylation is 1. The van der Waals surface area contributed by atoms with E-state index in [0.29, 0.717) is 18.3 Å². The summed E-state index contributed by atoms with van der Waals surface area (Å²) in [6.07, 6.45) is 1.91. The van der Waals surface area contributed by atoms with Crippen molar-refractivity contribution in [1.82, 2.24) is 30.5 Å². The first-order valence-corrected chi connectivity index (χ1v) is 6.72. The number of aromatic nitrogens is 5. The monoisotopic (exact) mass is 284 g/mol. The zero-order valence-electron chi connectivity index (χ0n) is 11.9. The van der Waals surface area contributed by atoms with Crippen molar-refractivity contribution in [1.29, 1.82) is 0 Å². The van der Waals surface area contributed by atoms with E-state index in [9.17, 15) is 0 Å². The maximum absolute atomic E-state index is 4.93. The molecule has 7 nitrogen and oxygen atoms in total. The van der Waals surface area contributed by atoms with Gasteiger partial charge in [0.25, 0.3) is 0 Å². The topological polar surface area (TPSA) is 81.7 Å². The van der Waals surface area contributed by atoms with Crippen molar-refractivity contribution in [2.24, 2.45) is 0 Å². The quantitative estimate of drug-likeness (QED) is 0.769. The van der Waals surface area contributed by atoms with E-state index < -0.39 is 0 Å². The van der Waals surface area contributed by atoms with Gasteiger partial charge in [0.1, 0.15) is 0 Å². The maximum Gasteiger partial charge on any atom is 0.223 e. The molecule has 0 saturated heterocycles. The van der Waals surface area contributed by atoms with Crippen LogP contribution in [0.25, 0.3) is 5.69 Å². The van der Waals surface area contributed by atoms with Gasteiger partial charge in [0.05, 0.1) is 30.2 Å². The average Bonchev–Trinajstić information content (AvgIpc) is 3.15. The van der Waals surface area contributed by atoms with Crippen LogP contribution in [0.5, 0.6) is 0 Å². The number of rotatable bonds is 5. The van der Waals surface area contributed by atoms with Crippen LogP contribution in [-0.4, -0.2) is 25.1 Å². The SMILES string of the molecule is Cc1nc(CN[C@H](C)c2cn(-c3ccccc3)nn2)no1. The van der Waals surface area contributed by atoms with Crippen LogP contribution in [0, 0.1) is 6.92 Å². The molecule has 0 unspecified atom stereocenters. The third-order valence-electron chi connectivity index (χ3n) is 3.11. The summed E-state index contributed by atoms with van der Waals surface area (Å²) < 4.78 is 6.69. The standard InChI is InChI=1S/C14H16N6O/c1-10(15-8-14-16-11(2)21-18-14)13-9-20(19-17-13)12-6-4-3-5-7-12/h3-7,9-10,15H,8H2,1-2H3/t10-/m1/s1. The summed E-state index contributed by atoms with van der Waals surface area (Å²) >= 11 is 0. The molecule has 3 aromatic rings. The minimum absolute atomic E-state index is 0.0428. The van der Waals surface area contributed by atoms with Gasteiger partial charge in [-0.05, 0) is 19.1 Å². The number of hydrogen-bond acceptors (Lipinski definition) is 6. The Balaban J connectivity index is 1.65. The number of nitrogens with one attached hydrogen (secondary N) is 1. The molecule has 0 bridgehead atoms. The first-order valence-electron chi connectivity index (χ1n) is 6.72. The van der Waals surface area contributed by atoms with Gasteiger partial charge in [-0.1, -0.05) is 28.6 Å². The van der Waals surface area contributed by atoms with Gasteiger partial charge < -0.3 is 9.84 Å². The lowest BCUT2D eigenvalue weighted by atomic mass is 10.2. The van der Waals surface area contributed by atoms with Crippen LogP contribution in [0.15, 0.2) is 41.1 Å². The summed E-state index contributed by atoms with van der Waals surface area (Å²) in [6.45, 7) is 4.31. The molecule has 2 heterocycles. The molecule has 1 atom stereocenters. The van der Waals surface area contributed by atoms with Crippen LogP contribution in [0.3, 0.4) is 0 Å². The summed E-state index contributed by atoms with van der Waals surface area (Å²) in [7, 11) is 0. The van der Waals surface area contributed by atoms with Gasteiger partial charge in [-0.25, -0.2) is 4.68 Å². The van der Waals surface area contributed by atoms with E-state index in [1.165, 1.54) is 0 Å². The summed E-state index contributed by atoms with van der Waals surface area (Å²) in [4.78, 5) is 4.15. The molecule has 0 radical (unpaired) electrons. The van der Waals surface area contributed by atoms with E-state index in [1.807, 2.05) is 43.5 Å². The Hall–Kier alpha value is -2.54. The Bertz CT molecular complexity index is 705. The van der Waals surface area contributed by atoms with E-state index in [-0.39, 0.29) is 6.04 Å². The molecule has 1 N–H and O–H groups in total. The highest BCUT2D eigenvalue weighted by atomic mass is 16.5. The van der Waals surface area contributed by atoms with Gasteiger partial charge in [0.15, 0.2) is 5.82 Å². The molecule has 2 aromatic heterocycles. The van der Waals surface area contributed by atoms with Crippen molar-refractivity contribution >= 4 is 0 Å². The molecule has 1 aromatic carbocycles. The molecule has 7 heteroatoms. The second-order valence-corrected chi connectivity index (χ2v) is 4.76.